The Morgan fingerprint density at radius 1 is 0.797 bits per heavy atom. The van der Waals surface area contributed by atoms with Gasteiger partial charge in [-0.3, -0.25) is 9.59 Å². The minimum atomic E-state index is -0.741. The van der Waals surface area contributed by atoms with E-state index in [1.807, 2.05) is 29.2 Å². The van der Waals surface area contributed by atoms with Gasteiger partial charge in [-0.2, -0.15) is 0 Å². The summed E-state index contributed by atoms with van der Waals surface area (Å²) in [4.78, 5) is 59.1. The molecule has 6 heterocycles. The molecule has 310 valence electrons. The van der Waals surface area contributed by atoms with Crippen LogP contribution < -0.4 is 11.1 Å². The number of nitrogens with zero attached hydrogens (tertiary/aromatic N) is 4. The van der Waals surface area contributed by atoms with Crippen molar-refractivity contribution < 1.29 is 33.0 Å². The molecule has 0 bridgehead atoms. The smallest absolute Gasteiger partial charge is 0.407 e. The van der Waals surface area contributed by atoms with Crippen LogP contribution in [-0.4, -0.2) is 106 Å². The second-order valence-corrected chi connectivity index (χ2v) is 15.8. The average molecular weight is 807 g/mol. The van der Waals surface area contributed by atoms with Gasteiger partial charge in [-0.25, -0.2) is 19.2 Å². The Bertz CT molecular complexity index is 2180. The number of nitrogens with two attached hydrogens (primary N) is 1. The number of amides is 3. The van der Waals surface area contributed by atoms with Crippen LogP contribution in [0.4, 0.5) is 9.18 Å². The van der Waals surface area contributed by atoms with Gasteiger partial charge in [-0.1, -0.05) is 24.0 Å². The minimum absolute atomic E-state index is 0.0151. The molecule has 0 radical (unpaired) electrons. The summed E-state index contributed by atoms with van der Waals surface area (Å²) in [6.07, 6.45) is 8.83. The summed E-state index contributed by atoms with van der Waals surface area (Å²) in [5.41, 5.74) is 10.3. The number of halogens is 1. The van der Waals surface area contributed by atoms with Crippen LogP contribution in [0.25, 0.3) is 22.5 Å². The van der Waals surface area contributed by atoms with Gasteiger partial charge in [0.1, 0.15) is 23.5 Å². The third kappa shape index (κ3) is 8.90. The number of aromatic nitrogens is 4. The molecule has 4 fully saturated rings. The number of carbonyl (C=O) groups is 3. The van der Waals surface area contributed by atoms with Gasteiger partial charge in [0.25, 0.3) is 0 Å². The lowest BCUT2D eigenvalue weighted by Gasteiger charge is -2.34. The second kappa shape index (κ2) is 18.1. The molecule has 0 spiro atoms. The van der Waals surface area contributed by atoms with Crippen molar-refractivity contribution in [3.63, 3.8) is 0 Å². The van der Waals surface area contributed by atoms with Crippen LogP contribution >= 0.6 is 0 Å². The number of alkyl carbamates (subject to hydrolysis) is 1. The molecule has 0 unspecified atom stereocenters. The Morgan fingerprint density at radius 3 is 1.98 bits per heavy atom. The third-order valence-electron chi connectivity index (χ3n) is 12.2. The minimum Gasteiger partial charge on any atom is -0.453 e. The van der Waals surface area contributed by atoms with Crippen molar-refractivity contribution in [3.05, 3.63) is 83.5 Å². The molecule has 4 aromatic rings. The SMILES string of the molecule is COC(=O)N[C@H](C(=O)N1CCC[C@H]1c1ncc(-c2ccc(C#Cc3ccc(-c4cnc([C@@H]5CCCN5C(=O)[C@@H](N)C5CCOCC5)[nH]4)cc3)cc2F)[nH]1)C1CCOCC1. The molecule has 4 aliphatic rings. The maximum absolute atomic E-state index is 15.6. The van der Waals surface area contributed by atoms with E-state index in [0.29, 0.717) is 81.4 Å². The molecule has 8 rings (SSSR count). The standard InChI is InChI=1S/C44H51FN8O6/c1-57-44(56)51-39(31-16-22-59-23-17-31)43(55)53-19-3-5-37(53)41-48-26-35(50-41)32-13-10-28(24-33(32)45)7-6-27-8-11-29(12-9-27)34-25-47-40(49-34)36-4-2-18-52(36)42(54)38(46)30-14-20-58-21-15-30/h8-13,24-26,30-31,36-39H,2-5,14-23,46H2,1H3,(H,47,49)(H,48,50)(H,51,56)/t36-,37-,38-,39-/m0/s1. The number of imidazole rings is 2. The summed E-state index contributed by atoms with van der Waals surface area (Å²) in [5, 5.41) is 2.76. The number of rotatable bonds is 9. The first kappa shape index (κ1) is 40.2. The second-order valence-electron chi connectivity index (χ2n) is 15.8. The summed E-state index contributed by atoms with van der Waals surface area (Å²) in [6.45, 7) is 3.54. The van der Waals surface area contributed by atoms with Crippen molar-refractivity contribution in [1.82, 2.24) is 35.1 Å². The fourth-order valence-electron chi connectivity index (χ4n) is 8.88. The van der Waals surface area contributed by atoms with Crippen LogP contribution in [0.3, 0.4) is 0 Å². The van der Waals surface area contributed by atoms with Gasteiger partial charge in [0, 0.05) is 56.2 Å². The van der Waals surface area contributed by atoms with E-state index >= 15 is 4.39 Å². The highest BCUT2D eigenvalue weighted by Gasteiger charge is 2.41. The quantitative estimate of drug-likeness (QED) is 0.165. The van der Waals surface area contributed by atoms with Crippen LogP contribution in [0.1, 0.15) is 86.2 Å². The fraction of sp³-hybridized carbons (Fsp3) is 0.477. The zero-order chi connectivity index (χ0) is 40.9. The monoisotopic (exact) mass is 806 g/mol. The van der Waals surface area contributed by atoms with Crippen LogP contribution in [0.15, 0.2) is 54.9 Å². The number of aromatic amines is 2. The van der Waals surface area contributed by atoms with Crippen LogP contribution in [0.2, 0.25) is 0 Å². The molecule has 5 N–H and O–H groups in total. The maximum Gasteiger partial charge on any atom is 0.407 e. The fourth-order valence-corrected chi connectivity index (χ4v) is 8.88. The molecule has 14 nitrogen and oxygen atoms in total. The number of methoxy groups -OCH3 is 1. The zero-order valence-electron chi connectivity index (χ0n) is 33.3. The number of H-pyrrole nitrogens is 2. The van der Waals surface area contributed by atoms with Gasteiger partial charge >= 0.3 is 6.09 Å². The van der Waals surface area contributed by atoms with E-state index in [1.54, 1.807) is 29.4 Å². The lowest BCUT2D eigenvalue weighted by molar-refractivity contribution is -0.137. The summed E-state index contributed by atoms with van der Waals surface area (Å²) >= 11 is 0. The number of hydrogen-bond donors (Lipinski definition) is 4. The molecule has 0 aliphatic carbocycles. The van der Waals surface area contributed by atoms with Gasteiger partial charge < -0.3 is 45.0 Å². The predicted octanol–water partition coefficient (Wildman–Crippen LogP) is 5.24. The highest BCUT2D eigenvalue weighted by molar-refractivity contribution is 5.86. The first-order valence-electron chi connectivity index (χ1n) is 20.7. The highest BCUT2D eigenvalue weighted by atomic mass is 19.1. The van der Waals surface area contributed by atoms with E-state index in [2.05, 4.69) is 37.1 Å². The van der Waals surface area contributed by atoms with Gasteiger partial charge in [-0.15, -0.1) is 0 Å². The number of hydrogen-bond acceptors (Lipinski definition) is 9. The van der Waals surface area contributed by atoms with Crippen molar-refractivity contribution in [2.45, 2.75) is 75.5 Å². The van der Waals surface area contributed by atoms with E-state index in [0.717, 1.165) is 54.7 Å². The Balaban J connectivity index is 0.901. The van der Waals surface area contributed by atoms with Gasteiger partial charge in [0.2, 0.25) is 11.8 Å². The summed E-state index contributed by atoms with van der Waals surface area (Å²) in [6, 6.07) is 10.8. The molecule has 4 aliphatic heterocycles. The first-order chi connectivity index (χ1) is 28.8. The molecule has 59 heavy (non-hydrogen) atoms. The molecule has 0 saturated carbocycles. The average Bonchev–Trinajstić information content (AvgIpc) is 4.12. The third-order valence-corrected chi connectivity index (χ3v) is 12.2. The predicted molar refractivity (Wildman–Crippen MR) is 216 cm³/mol. The van der Waals surface area contributed by atoms with Gasteiger partial charge in [0.15, 0.2) is 0 Å². The van der Waals surface area contributed by atoms with Gasteiger partial charge in [0.05, 0.1) is 49.0 Å². The molecule has 3 amide bonds. The Kier molecular flexibility index (Phi) is 12.4. The van der Waals surface area contributed by atoms with E-state index in [9.17, 15) is 14.4 Å². The van der Waals surface area contributed by atoms with Crippen molar-refractivity contribution >= 4 is 17.9 Å². The first-order valence-corrected chi connectivity index (χ1v) is 20.7. The van der Waals surface area contributed by atoms with Crippen LogP contribution in [-0.2, 0) is 23.8 Å². The molecule has 2 aromatic heterocycles. The van der Waals surface area contributed by atoms with E-state index < -0.39 is 24.0 Å². The normalized spacial score (nSPS) is 21.1. The summed E-state index contributed by atoms with van der Waals surface area (Å²) in [7, 11) is 1.28. The number of carbonyl (C=O) groups excluding carboxylic acids is 3. The molecule has 4 saturated heterocycles. The summed E-state index contributed by atoms with van der Waals surface area (Å²) in [5.74, 6) is 6.93. The topological polar surface area (TPSA) is 181 Å². The molecular weight excluding hydrogens is 756 g/mol. The largest absolute Gasteiger partial charge is 0.453 e. The van der Waals surface area contributed by atoms with E-state index in [4.69, 9.17) is 19.9 Å². The number of nitrogens with one attached hydrogen (secondary N) is 3. The number of ether oxygens (including phenoxy) is 3. The Hall–Kier alpha value is -5.56. The lowest BCUT2D eigenvalue weighted by Crippen LogP contribution is -2.53. The number of benzene rings is 2. The van der Waals surface area contributed by atoms with Crippen LogP contribution in [0, 0.1) is 29.5 Å². The maximum atomic E-state index is 15.6. The van der Waals surface area contributed by atoms with E-state index in [1.165, 1.54) is 13.2 Å². The molecule has 15 heteroatoms. The van der Waals surface area contributed by atoms with E-state index in [-0.39, 0.29) is 35.7 Å². The molecule has 4 atom stereocenters. The molecular formula is C44H51FN8O6. The Labute approximate surface area is 342 Å². The van der Waals surface area contributed by atoms with Crippen molar-refractivity contribution in [2.75, 3.05) is 46.6 Å². The lowest BCUT2D eigenvalue weighted by atomic mass is 9.90. The van der Waals surface area contributed by atoms with Crippen molar-refractivity contribution in [1.29, 1.82) is 0 Å². The number of likely N-dealkylation sites (tertiary alicyclic amines) is 2. The van der Waals surface area contributed by atoms with Crippen LogP contribution in [0.5, 0.6) is 0 Å². The Morgan fingerprint density at radius 2 is 1.36 bits per heavy atom. The van der Waals surface area contributed by atoms with Gasteiger partial charge in [-0.05, 0) is 99.1 Å². The summed E-state index contributed by atoms with van der Waals surface area (Å²) < 4.78 is 31.4. The molecule has 2 aromatic carbocycles. The zero-order valence-corrected chi connectivity index (χ0v) is 33.3. The van der Waals surface area contributed by atoms with Crippen molar-refractivity contribution in [3.8, 4) is 34.4 Å². The highest BCUT2D eigenvalue weighted by Crippen LogP contribution is 2.35. The van der Waals surface area contributed by atoms with Crippen molar-refractivity contribution in [2.24, 2.45) is 17.6 Å².